The van der Waals surface area contributed by atoms with Crippen molar-refractivity contribution in [1.29, 1.82) is 0 Å². The molecule has 0 saturated carbocycles. The number of anilines is 2. The Balaban J connectivity index is 2.28. The van der Waals surface area contributed by atoms with Gasteiger partial charge in [0.25, 0.3) is 5.91 Å². The standard InChI is InChI=1S/C17H18Cl2N2O3/c1-3-23-14-6-5-10(7-15(14)24-4-2)17(22)21-16-12(18)8-11(20)9-13(16)19/h5-9H,3-4,20H2,1-2H3,(H,21,22). The van der Waals surface area contributed by atoms with Gasteiger partial charge in [-0.3, -0.25) is 4.79 Å². The maximum absolute atomic E-state index is 12.5. The first-order valence-electron chi connectivity index (χ1n) is 7.41. The molecule has 0 aliphatic heterocycles. The van der Waals surface area contributed by atoms with E-state index in [0.29, 0.717) is 41.7 Å². The van der Waals surface area contributed by atoms with Crippen molar-refractivity contribution in [2.75, 3.05) is 24.3 Å². The van der Waals surface area contributed by atoms with Gasteiger partial charge in [0.15, 0.2) is 11.5 Å². The Morgan fingerprint density at radius 2 is 1.62 bits per heavy atom. The molecular formula is C17H18Cl2N2O3. The molecule has 0 atom stereocenters. The molecule has 7 heteroatoms. The summed E-state index contributed by atoms with van der Waals surface area (Å²) in [6, 6.07) is 7.99. The van der Waals surface area contributed by atoms with E-state index in [1.807, 2.05) is 13.8 Å². The molecular weight excluding hydrogens is 351 g/mol. The number of nitrogen functional groups attached to an aromatic ring is 1. The third kappa shape index (κ3) is 4.24. The van der Waals surface area contributed by atoms with Crippen molar-refractivity contribution < 1.29 is 14.3 Å². The number of halogens is 2. The van der Waals surface area contributed by atoms with Gasteiger partial charge in [-0.1, -0.05) is 23.2 Å². The molecule has 0 radical (unpaired) electrons. The minimum atomic E-state index is -0.368. The fourth-order valence-corrected chi connectivity index (χ4v) is 2.69. The van der Waals surface area contributed by atoms with Gasteiger partial charge in [-0.15, -0.1) is 0 Å². The minimum Gasteiger partial charge on any atom is -0.490 e. The van der Waals surface area contributed by atoms with Gasteiger partial charge in [0.2, 0.25) is 0 Å². The van der Waals surface area contributed by atoms with Crippen molar-refractivity contribution in [1.82, 2.24) is 0 Å². The number of nitrogens with one attached hydrogen (secondary N) is 1. The largest absolute Gasteiger partial charge is 0.490 e. The average molecular weight is 369 g/mol. The van der Waals surface area contributed by atoms with Crippen molar-refractivity contribution in [2.24, 2.45) is 0 Å². The van der Waals surface area contributed by atoms with Crippen molar-refractivity contribution in [2.45, 2.75) is 13.8 Å². The van der Waals surface area contributed by atoms with Gasteiger partial charge >= 0.3 is 0 Å². The van der Waals surface area contributed by atoms with Gasteiger partial charge in [-0.25, -0.2) is 0 Å². The lowest BCUT2D eigenvalue weighted by Crippen LogP contribution is -2.13. The Bertz CT molecular complexity index is 728. The quantitative estimate of drug-likeness (QED) is 0.729. The van der Waals surface area contributed by atoms with E-state index < -0.39 is 0 Å². The summed E-state index contributed by atoms with van der Waals surface area (Å²) in [6.07, 6.45) is 0. The van der Waals surface area contributed by atoms with E-state index in [-0.39, 0.29) is 16.0 Å². The predicted molar refractivity (Wildman–Crippen MR) is 97.6 cm³/mol. The topological polar surface area (TPSA) is 73.6 Å². The lowest BCUT2D eigenvalue weighted by Gasteiger charge is -2.13. The van der Waals surface area contributed by atoms with Gasteiger partial charge in [0.1, 0.15) is 0 Å². The maximum atomic E-state index is 12.5. The molecule has 0 spiro atoms. The van der Waals surface area contributed by atoms with Crippen molar-refractivity contribution >= 4 is 40.5 Å². The lowest BCUT2D eigenvalue weighted by molar-refractivity contribution is 0.102. The Hall–Kier alpha value is -2.11. The molecule has 0 saturated heterocycles. The maximum Gasteiger partial charge on any atom is 0.255 e. The summed E-state index contributed by atoms with van der Waals surface area (Å²) in [5.41, 5.74) is 6.78. The highest BCUT2D eigenvalue weighted by atomic mass is 35.5. The number of hydrogen-bond donors (Lipinski definition) is 2. The number of carbonyl (C=O) groups is 1. The van der Waals surface area contributed by atoms with Crippen LogP contribution in [0.15, 0.2) is 30.3 Å². The van der Waals surface area contributed by atoms with E-state index in [4.69, 9.17) is 38.4 Å². The SMILES string of the molecule is CCOc1ccc(C(=O)Nc2c(Cl)cc(N)cc2Cl)cc1OCC. The van der Waals surface area contributed by atoms with E-state index in [1.165, 1.54) is 12.1 Å². The van der Waals surface area contributed by atoms with Gasteiger partial charge in [-0.2, -0.15) is 0 Å². The Morgan fingerprint density at radius 3 is 2.21 bits per heavy atom. The molecule has 0 unspecified atom stereocenters. The average Bonchev–Trinajstić information content (AvgIpc) is 2.52. The Kier molecular flexibility index (Phi) is 6.17. The monoisotopic (exact) mass is 368 g/mol. The third-order valence-electron chi connectivity index (χ3n) is 3.11. The number of nitrogens with two attached hydrogens (primary N) is 1. The van der Waals surface area contributed by atoms with Crippen LogP contribution in [0.25, 0.3) is 0 Å². The Labute approximate surface area is 150 Å². The summed E-state index contributed by atoms with van der Waals surface area (Å²) < 4.78 is 11.0. The van der Waals surface area contributed by atoms with Crippen LogP contribution in [0.2, 0.25) is 10.0 Å². The summed E-state index contributed by atoms with van der Waals surface area (Å²) in [7, 11) is 0. The highest BCUT2D eigenvalue weighted by Crippen LogP contribution is 2.34. The third-order valence-corrected chi connectivity index (χ3v) is 3.70. The second-order valence-electron chi connectivity index (χ2n) is 4.84. The van der Waals surface area contributed by atoms with Crippen LogP contribution in [0.1, 0.15) is 24.2 Å². The fraction of sp³-hybridized carbons (Fsp3) is 0.235. The van der Waals surface area contributed by atoms with Crippen LogP contribution in [0.5, 0.6) is 11.5 Å². The molecule has 2 aromatic carbocycles. The molecule has 0 heterocycles. The zero-order valence-corrected chi connectivity index (χ0v) is 14.9. The first-order chi connectivity index (χ1) is 11.5. The zero-order valence-electron chi connectivity index (χ0n) is 13.4. The highest BCUT2D eigenvalue weighted by molar-refractivity contribution is 6.40. The van der Waals surface area contributed by atoms with E-state index in [2.05, 4.69) is 5.32 Å². The van der Waals surface area contributed by atoms with Crippen LogP contribution < -0.4 is 20.5 Å². The van der Waals surface area contributed by atoms with Crippen LogP contribution in [0.4, 0.5) is 11.4 Å². The summed E-state index contributed by atoms with van der Waals surface area (Å²) >= 11 is 12.2. The number of benzene rings is 2. The minimum absolute atomic E-state index is 0.268. The summed E-state index contributed by atoms with van der Waals surface area (Å²) in [5, 5.41) is 3.22. The van der Waals surface area contributed by atoms with Crippen molar-refractivity contribution in [3.05, 3.63) is 45.9 Å². The number of ether oxygens (including phenoxy) is 2. The van der Waals surface area contributed by atoms with Gasteiger partial charge < -0.3 is 20.5 Å². The predicted octanol–water partition coefficient (Wildman–Crippen LogP) is 4.63. The Morgan fingerprint density at radius 1 is 1.04 bits per heavy atom. The molecule has 0 aromatic heterocycles. The van der Waals surface area contributed by atoms with Crippen molar-refractivity contribution in [3.63, 3.8) is 0 Å². The number of amides is 1. The van der Waals surface area contributed by atoms with Crippen LogP contribution in [-0.2, 0) is 0 Å². The molecule has 1 amide bonds. The second-order valence-corrected chi connectivity index (χ2v) is 5.66. The second kappa shape index (κ2) is 8.13. The molecule has 0 fully saturated rings. The molecule has 128 valence electrons. The van der Waals surface area contributed by atoms with Crippen LogP contribution >= 0.6 is 23.2 Å². The van der Waals surface area contributed by atoms with Gasteiger partial charge in [0, 0.05) is 11.3 Å². The zero-order chi connectivity index (χ0) is 17.7. The molecule has 0 aliphatic rings. The van der Waals surface area contributed by atoms with Crippen LogP contribution in [-0.4, -0.2) is 19.1 Å². The van der Waals surface area contributed by atoms with Gasteiger partial charge in [-0.05, 0) is 44.2 Å². The van der Waals surface area contributed by atoms with E-state index in [1.54, 1.807) is 18.2 Å². The normalized spacial score (nSPS) is 10.3. The molecule has 0 bridgehead atoms. The van der Waals surface area contributed by atoms with Gasteiger partial charge in [0.05, 0.1) is 28.9 Å². The molecule has 24 heavy (non-hydrogen) atoms. The number of rotatable bonds is 6. The highest BCUT2D eigenvalue weighted by Gasteiger charge is 2.15. The molecule has 2 rings (SSSR count). The summed E-state index contributed by atoms with van der Waals surface area (Å²) in [4.78, 5) is 12.5. The fourth-order valence-electron chi connectivity index (χ4n) is 2.09. The van der Waals surface area contributed by atoms with Crippen LogP contribution in [0, 0.1) is 0 Å². The van der Waals surface area contributed by atoms with Crippen molar-refractivity contribution in [3.8, 4) is 11.5 Å². The van der Waals surface area contributed by atoms with E-state index in [9.17, 15) is 4.79 Å². The first-order valence-corrected chi connectivity index (χ1v) is 8.17. The molecule has 5 nitrogen and oxygen atoms in total. The van der Waals surface area contributed by atoms with E-state index in [0.717, 1.165) is 0 Å². The number of hydrogen-bond acceptors (Lipinski definition) is 4. The number of carbonyl (C=O) groups excluding carboxylic acids is 1. The molecule has 0 aliphatic carbocycles. The summed E-state index contributed by atoms with van der Waals surface area (Å²) in [5.74, 6) is 0.716. The van der Waals surface area contributed by atoms with Crippen LogP contribution in [0.3, 0.4) is 0 Å². The lowest BCUT2D eigenvalue weighted by atomic mass is 10.1. The molecule has 2 aromatic rings. The van der Waals surface area contributed by atoms with E-state index >= 15 is 0 Å². The first kappa shape index (κ1) is 18.2. The molecule has 3 N–H and O–H groups in total. The smallest absolute Gasteiger partial charge is 0.255 e. The summed E-state index contributed by atoms with van der Waals surface area (Å²) in [6.45, 7) is 4.70.